The number of nitrogens with one attached hydrogen (secondary N) is 1. The number of hydrogen-bond donors (Lipinski definition) is 1. The van der Waals surface area contributed by atoms with Crippen molar-refractivity contribution in [3.05, 3.63) is 36.3 Å². The first-order chi connectivity index (χ1) is 12.2. The van der Waals surface area contributed by atoms with E-state index in [1.54, 1.807) is 26.6 Å². The smallest absolute Gasteiger partial charge is 0.183 e. The molecular weight excluding hydrogens is 318 g/mol. The van der Waals surface area contributed by atoms with E-state index in [0.29, 0.717) is 17.6 Å². The fourth-order valence-electron chi connectivity index (χ4n) is 3.00. The fraction of sp³-hybridized carbons (Fsp3) is 0.389. The largest absolute Gasteiger partial charge is 0.497 e. The maximum absolute atomic E-state index is 9.18. The van der Waals surface area contributed by atoms with Crippen molar-refractivity contribution in [2.75, 3.05) is 37.5 Å². The molecule has 7 nitrogen and oxygen atoms in total. The number of ether oxygens (including phenoxy) is 2. The lowest BCUT2D eigenvalue weighted by atomic mass is 10.0. The first-order valence-electron chi connectivity index (χ1n) is 8.19. The first kappa shape index (κ1) is 16.8. The number of nitrogens with zero attached hydrogens (tertiary/aromatic N) is 4. The van der Waals surface area contributed by atoms with Gasteiger partial charge in [-0.2, -0.15) is 5.26 Å². The van der Waals surface area contributed by atoms with E-state index in [4.69, 9.17) is 9.47 Å². The van der Waals surface area contributed by atoms with E-state index in [-0.39, 0.29) is 0 Å². The van der Waals surface area contributed by atoms with Gasteiger partial charge in [0.1, 0.15) is 17.6 Å². The van der Waals surface area contributed by atoms with E-state index in [1.165, 1.54) is 0 Å². The molecule has 3 rings (SSSR count). The highest BCUT2D eigenvalue weighted by Crippen LogP contribution is 2.28. The zero-order valence-corrected chi connectivity index (χ0v) is 14.4. The van der Waals surface area contributed by atoms with E-state index in [2.05, 4.69) is 26.3 Å². The molecular formula is C18H21N5O2. The second-order valence-electron chi connectivity index (χ2n) is 5.85. The van der Waals surface area contributed by atoms with E-state index in [1.807, 2.05) is 18.2 Å². The molecule has 2 heterocycles. The summed E-state index contributed by atoms with van der Waals surface area (Å²) in [5.74, 6) is 2.20. The lowest BCUT2D eigenvalue weighted by molar-refractivity contribution is 0.394. The Morgan fingerprint density at radius 3 is 2.32 bits per heavy atom. The number of piperidine rings is 1. The lowest BCUT2D eigenvalue weighted by Crippen LogP contribution is -2.40. The van der Waals surface area contributed by atoms with Crippen molar-refractivity contribution in [2.24, 2.45) is 0 Å². The van der Waals surface area contributed by atoms with Crippen LogP contribution in [0.25, 0.3) is 0 Å². The van der Waals surface area contributed by atoms with Gasteiger partial charge in [-0.3, -0.25) is 0 Å². The van der Waals surface area contributed by atoms with Crippen molar-refractivity contribution >= 4 is 11.5 Å². The van der Waals surface area contributed by atoms with Crippen LogP contribution in [0.4, 0.5) is 11.5 Å². The monoisotopic (exact) mass is 339 g/mol. The van der Waals surface area contributed by atoms with Gasteiger partial charge in [-0.15, -0.1) is 0 Å². The molecule has 0 bridgehead atoms. The normalized spacial score (nSPS) is 14.7. The first-order valence-corrected chi connectivity index (χ1v) is 8.19. The maximum Gasteiger partial charge on any atom is 0.183 e. The molecule has 1 aliphatic rings. The predicted octanol–water partition coefficient (Wildman–Crippen LogP) is 2.45. The summed E-state index contributed by atoms with van der Waals surface area (Å²) < 4.78 is 10.6. The summed E-state index contributed by atoms with van der Waals surface area (Å²) in [7, 11) is 3.29. The van der Waals surface area contributed by atoms with Crippen LogP contribution >= 0.6 is 0 Å². The van der Waals surface area contributed by atoms with Gasteiger partial charge in [-0.1, -0.05) is 0 Å². The van der Waals surface area contributed by atoms with E-state index < -0.39 is 0 Å². The number of methoxy groups -OCH3 is 2. The van der Waals surface area contributed by atoms with Crippen LogP contribution in [0, 0.1) is 11.3 Å². The highest BCUT2D eigenvalue weighted by Gasteiger charge is 2.22. The molecule has 0 unspecified atom stereocenters. The standard InChI is InChI=1S/C18H21N5O2/c1-24-15-9-14(10-16(11-15)25-2)22-13-3-7-23(8-4-13)18-17(12-19)20-5-6-21-18/h5-6,9-11,13,22H,3-4,7-8H2,1-2H3. The quantitative estimate of drug-likeness (QED) is 0.895. The minimum Gasteiger partial charge on any atom is -0.497 e. The van der Waals surface area contributed by atoms with Gasteiger partial charge >= 0.3 is 0 Å². The van der Waals surface area contributed by atoms with Crippen molar-refractivity contribution in [3.63, 3.8) is 0 Å². The zero-order valence-electron chi connectivity index (χ0n) is 14.4. The molecule has 2 aromatic rings. The number of nitriles is 1. The Labute approximate surface area is 147 Å². The number of hydrogen-bond acceptors (Lipinski definition) is 7. The van der Waals surface area contributed by atoms with Gasteiger partial charge in [0.25, 0.3) is 0 Å². The van der Waals surface area contributed by atoms with Gasteiger partial charge in [0.05, 0.1) is 14.2 Å². The molecule has 1 aliphatic heterocycles. The Bertz CT molecular complexity index is 744. The van der Waals surface area contributed by atoms with Crippen molar-refractivity contribution < 1.29 is 9.47 Å². The van der Waals surface area contributed by atoms with Crippen LogP contribution in [0.15, 0.2) is 30.6 Å². The molecule has 0 spiro atoms. The highest BCUT2D eigenvalue weighted by molar-refractivity contribution is 5.55. The molecule has 1 N–H and O–H groups in total. The number of benzene rings is 1. The third kappa shape index (κ3) is 3.91. The van der Waals surface area contributed by atoms with Gasteiger partial charge in [0.15, 0.2) is 11.5 Å². The van der Waals surface area contributed by atoms with Crippen LogP contribution in [-0.2, 0) is 0 Å². The highest BCUT2D eigenvalue weighted by atomic mass is 16.5. The summed E-state index contributed by atoms with van der Waals surface area (Å²) in [4.78, 5) is 10.5. The Morgan fingerprint density at radius 2 is 1.72 bits per heavy atom. The molecule has 0 radical (unpaired) electrons. The molecule has 130 valence electrons. The van der Waals surface area contributed by atoms with Crippen molar-refractivity contribution in [1.82, 2.24) is 9.97 Å². The van der Waals surface area contributed by atoms with Crippen LogP contribution < -0.4 is 19.7 Å². The van der Waals surface area contributed by atoms with Crippen LogP contribution in [0.1, 0.15) is 18.5 Å². The summed E-state index contributed by atoms with van der Waals surface area (Å²) in [6.45, 7) is 1.65. The summed E-state index contributed by atoms with van der Waals surface area (Å²) in [6, 6.07) is 8.23. The summed E-state index contributed by atoms with van der Waals surface area (Å²) >= 11 is 0. The van der Waals surface area contributed by atoms with Crippen molar-refractivity contribution in [2.45, 2.75) is 18.9 Å². The number of aromatic nitrogens is 2. The molecule has 1 fully saturated rings. The molecule has 1 aromatic heterocycles. The average molecular weight is 339 g/mol. The van der Waals surface area contributed by atoms with Gasteiger partial charge in [-0.25, -0.2) is 9.97 Å². The van der Waals surface area contributed by atoms with Crippen LogP contribution in [0.3, 0.4) is 0 Å². The molecule has 7 heteroatoms. The molecule has 25 heavy (non-hydrogen) atoms. The number of rotatable bonds is 5. The van der Waals surface area contributed by atoms with E-state index in [9.17, 15) is 5.26 Å². The second kappa shape index (κ2) is 7.71. The van der Waals surface area contributed by atoms with Crippen LogP contribution in [0.5, 0.6) is 11.5 Å². The van der Waals surface area contributed by atoms with Crippen molar-refractivity contribution in [1.29, 1.82) is 5.26 Å². The molecule has 0 amide bonds. The zero-order chi connectivity index (χ0) is 17.6. The Hall–Kier alpha value is -3.01. The number of anilines is 2. The van der Waals surface area contributed by atoms with Crippen LogP contribution in [0.2, 0.25) is 0 Å². The SMILES string of the molecule is COc1cc(NC2CCN(c3nccnc3C#N)CC2)cc(OC)c1. The van der Waals surface area contributed by atoms with Gasteiger partial charge in [0.2, 0.25) is 0 Å². The Balaban J connectivity index is 1.64. The topological polar surface area (TPSA) is 83.3 Å². The van der Waals surface area contributed by atoms with Crippen molar-refractivity contribution in [3.8, 4) is 17.6 Å². The Morgan fingerprint density at radius 1 is 1.08 bits per heavy atom. The van der Waals surface area contributed by atoms with Gasteiger partial charge < -0.3 is 19.7 Å². The minimum atomic E-state index is 0.343. The predicted molar refractivity (Wildman–Crippen MR) is 95.2 cm³/mol. The Kier molecular flexibility index (Phi) is 5.19. The maximum atomic E-state index is 9.18. The average Bonchev–Trinajstić information content (AvgIpc) is 2.68. The summed E-state index contributed by atoms with van der Waals surface area (Å²) in [5.41, 5.74) is 1.36. The minimum absolute atomic E-state index is 0.343. The molecule has 0 atom stereocenters. The van der Waals surface area contributed by atoms with E-state index in [0.717, 1.165) is 43.1 Å². The second-order valence-corrected chi connectivity index (χ2v) is 5.85. The van der Waals surface area contributed by atoms with Gasteiger partial charge in [0, 0.05) is 55.4 Å². The van der Waals surface area contributed by atoms with Gasteiger partial charge in [-0.05, 0) is 12.8 Å². The fourth-order valence-corrected chi connectivity index (χ4v) is 3.00. The summed E-state index contributed by atoms with van der Waals surface area (Å²) in [5, 5.41) is 12.7. The van der Waals surface area contributed by atoms with Crippen LogP contribution in [-0.4, -0.2) is 43.3 Å². The molecule has 0 saturated carbocycles. The molecule has 0 aliphatic carbocycles. The lowest BCUT2D eigenvalue weighted by Gasteiger charge is -2.33. The third-order valence-electron chi connectivity index (χ3n) is 4.30. The molecule has 1 saturated heterocycles. The summed E-state index contributed by atoms with van der Waals surface area (Å²) in [6.07, 6.45) is 5.07. The molecule has 1 aromatic carbocycles. The third-order valence-corrected chi connectivity index (χ3v) is 4.30. The van der Waals surface area contributed by atoms with E-state index >= 15 is 0 Å².